The van der Waals surface area contributed by atoms with E-state index in [9.17, 15) is 13.2 Å². The van der Waals surface area contributed by atoms with Crippen molar-refractivity contribution >= 4 is 16.0 Å². The van der Waals surface area contributed by atoms with Crippen LogP contribution in [0.25, 0.3) is 0 Å². The molecule has 106 valence electrons. The summed E-state index contributed by atoms with van der Waals surface area (Å²) in [5.74, 6) is -1.44. The van der Waals surface area contributed by atoms with Gasteiger partial charge in [0.1, 0.15) is 0 Å². The van der Waals surface area contributed by atoms with Gasteiger partial charge in [-0.3, -0.25) is 4.79 Å². The van der Waals surface area contributed by atoms with Crippen LogP contribution in [-0.4, -0.2) is 42.6 Å². The second kappa shape index (κ2) is 7.25. The number of benzene rings is 1. The van der Waals surface area contributed by atoms with Gasteiger partial charge in [-0.15, -0.1) is 0 Å². The highest BCUT2D eigenvalue weighted by molar-refractivity contribution is 7.89. The van der Waals surface area contributed by atoms with Crippen molar-refractivity contribution in [2.45, 2.75) is 19.8 Å². The molecule has 0 spiro atoms. The number of carboxylic acid groups (broad SMARTS) is 1. The Morgan fingerprint density at radius 3 is 2.42 bits per heavy atom. The molecule has 0 aliphatic rings. The van der Waals surface area contributed by atoms with Gasteiger partial charge in [0, 0.05) is 13.1 Å². The minimum atomic E-state index is -3.49. The normalized spacial score (nSPS) is 11.7. The Morgan fingerprint density at radius 1 is 1.26 bits per heavy atom. The van der Waals surface area contributed by atoms with Crippen LogP contribution in [0.4, 0.5) is 0 Å². The third-order valence-corrected chi connectivity index (χ3v) is 4.76. The predicted molar refractivity (Wildman–Crippen MR) is 73.4 cm³/mol. The first-order valence-electron chi connectivity index (χ1n) is 6.19. The van der Waals surface area contributed by atoms with E-state index in [1.807, 2.05) is 30.3 Å². The fourth-order valence-corrected chi connectivity index (χ4v) is 3.19. The highest BCUT2D eigenvalue weighted by Gasteiger charge is 2.21. The van der Waals surface area contributed by atoms with Gasteiger partial charge >= 0.3 is 5.97 Å². The largest absolute Gasteiger partial charge is 0.481 e. The van der Waals surface area contributed by atoms with Crippen molar-refractivity contribution in [2.75, 3.05) is 18.8 Å². The summed E-state index contributed by atoms with van der Waals surface area (Å²) in [6.07, 6.45) is 0.269. The molecular formula is C13H19NO4S. The van der Waals surface area contributed by atoms with E-state index < -0.39 is 16.0 Å². The summed E-state index contributed by atoms with van der Waals surface area (Å²) < 4.78 is 25.2. The van der Waals surface area contributed by atoms with Crippen LogP contribution in [0.2, 0.25) is 0 Å². The topological polar surface area (TPSA) is 74.7 Å². The van der Waals surface area contributed by atoms with Crippen LogP contribution in [-0.2, 0) is 21.2 Å². The Bertz CT molecular complexity index is 499. The second-order valence-corrected chi connectivity index (χ2v) is 6.28. The fourth-order valence-electron chi connectivity index (χ4n) is 1.74. The first kappa shape index (κ1) is 15.7. The van der Waals surface area contributed by atoms with Gasteiger partial charge in [0.2, 0.25) is 10.0 Å². The molecule has 1 N–H and O–H groups in total. The molecule has 0 aliphatic heterocycles. The van der Waals surface area contributed by atoms with E-state index in [1.165, 1.54) is 4.31 Å². The number of carboxylic acids is 1. The Morgan fingerprint density at radius 2 is 1.89 bits per heavy atom. The molecule has 0 aromatic heterocycles. The zero-order chi connectivity index (χ0) is 14.3. The minimum absolute atomic E-state index is 0.342. The van der Waals surface area contributed by atoms with Crippen molar-refractivity contribution in [3.05, 3.63) is 35.9 Å². The predicted octanol–water partition coefficient (Wildman–Crippen LogP) is 1.36. The van der Waals surface area contributed by atoms with E-state index in [0.29, 0.717) is 19.5 Å². The van der Waals surface area contributed by atoms with Gasteiger partial charge in [-0.25, -0.2) is 12.7 Å². The Labute approximate surface area is 113 Å². The number of aliphatic carboxylic acids is 1. The summed E-state index contributed by atoms with van der Waals surface area (Å²) in [5.41, 5.74) is 1.06. The lowest BCUT2D eigenvalue weighted by molar-refractivity contribution is -0.136. The molecule has 6 heteroatoms. The van der Waals surface area contributed by atoms with Crippen LogP contribution in [0.15, 0.2) is 30.3 Å². The quantitative estimate of drug-likeness (QED) is 0.782. The third kappa shape index (κ3) is 5.40. The van der Waals surface area contributed by atoms with Crippen molar-refractivity contribution in [3.8, 4) is 0 Å². The van der Waals surface area contributed by atoms with Gasteiger partial charge in [0.05, 0.1) is 12.2 Å². The number of hydrogen-bond donors (Lipinski definition) is 1. The van der Waals surface area contributed by atoms with Gasteiger partial charge < -0.3 is 5.11 Å². The summed E-state index contributed by atoms with van der Waals surface area (Å²) in [6, 6.07) is 9.61. The molecule has 0 fully saturated rings. The number of nitrogens with zero attached hydrogens (tertiary/aromatic N) is 1. The van der Waals surface area contributed by atoms with Crippen molar-refractivity contribution in [1.29, 1.82) is 0 Å². The van der Waals surface area contributed by atoms with Gasteiger partial charge in [0.15, 0.2) is 0 Å². The summed E-state index contributed by atoms with van der Waals surface area (Å²) >= 11 is 0. The maximum Gasteiger partial charge on any atom is 0.304 e. The molecule has 0 radical (unpaired) electrons. The van der Waals surface area contributed by atoms with E-state index in [0.717, 1.165) is 5.56 Å². The second-order valence-electron chi connectivity index (χ2n) is 4.19. The molecular weight excluding hydrogens is 266 g/mol. The molecule has 1 aromatic carbocycles. The summed E-state index contributed by atoms with van der Waals surface area (Å²) in [4.78, 5) is 10.5. The highest BCUT2D eigenvalue weighted by Crippen LogP contribution is 2.07. The van der Waals surface area contributed by atoms with Gasteiger partial charge in [-0.05, 0) is 12.0 Å². The highest BCUT2D eigenvalue weighted by atomic mass is 32.2. The molecule has 0 bridgehead atoms. The maximum atomic E-state index is 12.0. The zero-order valence-corrected chi connectivity index (χ0v) is 11.8. The van der Waals surface area contributed by atoms with Crippen molar-refractivity contribution < 1.29 is 18.3 Å². The van der Waals surface area contributed by atoms with E-state index in [1.54, 1.807) is 6.92 Å². The standard InChI is InChI=1S/C13H19NO4S/c1-2-14(19(17,18)11-9-13(15)16)10-8-12-6-4-3-5-7-12/h3-7H,2,8-11H2,1H3,(H,15,16). The molecule has 1 aromatic rings. The first-order chi connectivity index (χ1) is 8.95. The lowest BCUT2D eigenvalue weighted by Gasteiger charge is -2.20. The van der Waals surface area contributed by atoms with Crippen molar-refractivity contribution in [1.82, 2.24) is 4.31 Å². The molecule has 5 nitrogen and oxygen atoms in total. The van der Waals surface area contributed by atoms with Crippen LogP contribution in [0.3, 0.4) is 0 Å². The summed E-state index contributed by atoms with van der Waals surface area (Å²) in [5, 5.41) is 8.56. The van der Waals surface area contributed by atoms with Gasteiger partial charge in [-0.1, -0.05) is 37.3 Å². The smallest absolute Gasteiger partial charge is 0.304 e. The number of carbonyl (C=O) groups is 1. The first-order valence-corrected chi connectivity index (χ1v) is 7.80. The molecule has 0 heterocycles. The lowest BCUT2D eigenvalue weighted by Crippen LogP contribution is -2.35. The fraction of sp³-hybridized carbons (Fsp3) is 0.462. The Balaban J connectivity index is 2.60. The summed E-state index contributed by atoms with van der Waals surface area (Å²) in [7, 11) is -3.49. The minimum Gasteiger partial charge on any atom is -0.481 e. The molecule has 19 heavy (non-hydrogen) atoms. The number of sulfonamides is 1. The Hall–Kier alpha value is -1.40. The van der Waals surface area contributed by atoms with E-state index >= 15 is 0 Å². The average Bonchev–Trinajstić information content (AvgIpc) is 2.38. The monoisotopic (exact) mass is 285 g/mol. The van der Waals surface area contributed by atoms with E-state index in [4.69, 9.17) is 5.11 Å². The summed E-state index contributed by atoms with van der Waals surface area (Å²) in [6.45, 7) is 2.49. The molecule has 0 unspecified atom stereocenters. The SMILES string of the molecule is CCN(CCc1ccccc1)S(=O)(=O)CCC(=O)O. The van der Waals surface area contributed by atoms with E-state index in [-0.39, 0.29) is 12.2 Å². The Kier molecular flexibility index (Phi) is 5.98. The molecule has 0 aliphatic carbocycles. The number of hydrogen-bond acceptors (Lipinski definition) is 3. The van der Waals surface area contributed by atoms with Crippen molar-refractivity contribution in [2.24, 2.45) is 0 Å². The van der Waals surface area contributed by atoms with Crippen molar-refractivity contribution in [3.63, 3.8) is 0 Å². The van der Waals surface area contributed by atoms with Crippen LogP contribution < -0.4 is 0 Å². The third-order valence-electron chi connectivity index (χ3n) is 2.81. The van der Waals surface area contributed by atoms with Crippen LogP contribution in [0.1, 0.15) is 18.9 Å². The molecule has 0 saturated carbocycles. The lowest BCUT2D eigenvalue weighted by atomic mass is 10.1. The number of rotatable bonds is 8. The van der Waals surface area contributed by atoms with Crippen LogP contribution >= 0.6 is 0 Å². The van der Waals surface area contributed by atoms with E-state index in [2.05, 4.69) is 0 Å². The molecule has 1 rings (SSSR count). The number of likely N-dealkylation sites (N-methyl/N-ethyl adjacent to an activating group) is 1. The maximum absolute atomic E-state index is 12.0. The molecule has 0 atom stereocenters. The zero-order valence-electron chi connectivity index (χ0n) is 10.9. The van der Waals surface area contributed by atoms with Crippen LogP contribution in [0, 0.1) is 0 Å². The van der Waals surface area contributed by atoms with Gasteiger partial charge in [0.25, 0.3) is 0 Å². The van der Waals surface area contributed by atoms with Crippen LogP contribution in [0.5, 0.6) is 0 Å². The molecule has 0 amide bonds. The van der Waals surface area contributed by atoms with Gasteiger partial charge in [-0.2, -0.15) is 0 Å². The average molecular weight is 285 g/mol. The molecule has 0 saturated heterocycles.